The van der Waals surface area contributed by atoms with Crippen LogP contribution in [0.5, 0.6) is 5.75 Å². The minimum Gasteiger partial charge on any atom is -0.494 e. The number of aliphatic carboxylic acids is 1. The predicted molar refractivity (Wildman–Crippen MR) is 143 cm³/mol. The van der Waals surface area contributed by atoms with Crippen molar-refractivity contribution in [2.24, 2.45) is 5.92 Å². The van der Waals surface area contributed by atoms with Gasteiger partial charge in [-0.3, -0.25) is 9.59 Å². The van der Waals surface area contributed by atoms with Crippen LogP contribution in [0.15, 0.2) is 54.7 Å². The van der Waals surface area contributed by atoms with Crippen LogP contribution in [0.1, 0.15) is 66.2 Å². The molecule has 196 valence electrons. The summed E-state index contributed by atoms with van der Waals surface area (Å²) in [5.74, 6) is 0.114. The average Bonchev–Trinajstić information content (AvgIpc) is 3.31. The van der Waals surface area contributed by atoms with Crippen LogP contribution < -0.4 is 10.1 Å². The normalized spacial score (nSPS) is 14.7. The van der Waals surface area contributed by atoms with E-state index >= 15 is 0 Å². The first-order valence-electron chi connectivity index (χ1n) is 12.9. The van der Waals surface area contributed by atoms with E-state index in [4.69, 9.17) is 14.9 Å². The smallest absolute Gasteiger partial charge is 0.305 e. The first-order chi connectivity index (χ1) is 17.9. The topological polar surface area (TPSA) is 96.7 Å². The Kier molecular flexibility index (Phi) is 8.48. The lowest BCUT2D eigenvalue weighted by molar-refractivity contribution is -0.137. The van der Waals surface area contributed by atoms with E-state index in [0.29, 0.717) is 11.5 Å². The molecule has 2 N–H and O–H groups in total. The zero-order chi connectivity index (χ0) is 26.4. The van der Waals surface area contributed by atoms with E-state index in [0.717, 1.165) is 41.2 Å². The predicted octanol–water partition coefficient (Wildman–Crippen LogP) is 5.47. The zero-order valence-corrected chi connectivity index (χ0v) is 21.8. The number of aryl methyl sites for hydroxylation is 1. The third-order valence-corrected chi connectivity index (χ3v) is 7.15. The number of amides is 1. The molecule has 1 fully saturated rings. The van der Waals surface area contributed by atoms with E-state index in [1.54, 1.807) is 26.3 Å². The van der Waals surface area contributed by atoms with E-state index in [1.807, 2.05) is 41.1 Å². The highest BCUT2D eigenvalue weighted by atomic mass is 16.5. The second-order valence-corrected chi connectivity index (χ2v) is 9.78. The van der Waals surface area contributed by atoms with Crippen molar-refractivity contribution >= 4 is 17.6 Å². The van der Waals surface area contributed by atoms with Gasteiger partial charge in [0.1, 0.15) is 11.4 Å². The van der Waals surface area contributed by atoms with Gasteiger partial charge in [0.2, 0.25) is 0 Å². The number of hydrogen-bond donors (Lipinski definition) is 2. The van der Waals surface area contributed by atoms with Crippen LogP contribution in [0.25, 0.3) is 5.69 Å². The Labute approximate surface area is 218 Å². The molecule has 0 aliphatic heterocycles. The number of rotatable bonds is 10. The number of carbonyl (C=O) groups excluding carboxylic acids is 1. The lowest BCUT2D eigenvalue weighted by atomic mass is 9.82. The molecular formula is C29H36N4O4. The molecule has 1 saturated carbocycles. The Bertz CT molecular complexity index is 1210. The second-order valence-electron chi connectivity index (χ2n) is 9.78. The fraction of sp³-hybridized carbons (Fsp3) is 0.414. The Morgan fingerprint density at radius 1 is 1.14 bits per heavy atom. The number of nitrogens with one attached hydrogen (secondary N) is 1. The number of para-hydroxylation sites is 2. The van der Waals surface area contributed by atoms with Crippen molar-refractivity contribution in [3.8, 4) is 11.4 Å². The largest absolute Gasteiger partial charge is 0.494 e. The van der Waals surface area contributed by atoms with Gasteiger partial charge in [-0.25, -0.2) is 4.68 Å². The molecule has 0 saturated heterocycles. The molecule has 4 rings (SSSR count). The maximum atomic E-state index is 12.7. The average molecular weight is 505 g/mol. The molecule has 1 unspecified atom stereocenters. The molecule has 1 aliphatic carbocycles. The van der Waals surface area contributed by atoms with E-state index in [1.165, 1.54) is 24.2 Å². The number of carboxylic acid groups (broad SMARTS) is 1. The highest BCUT2D eigenvalue weighted by Crippen LogP contribution is 2.38. The fourth-order valence-corrected chi connectivity index (χ4v) is 5.07. The molecule has 1 amide bonds. The Hall–Kier alpha value is -3.81. The van der Waals surface area contributed by atoms with Crippen LogP contribution in [-0.2, 0) is 4.79 Å². The van der Waals surface area contributed by atoms with Gasteiger partial charge in [-0.1, -0.05) is 31.4 Å². The molecule has 2 aromatic carbocycles. The number of carbonyl (C=O) groups is 2. The molecular weight excluding hydrogens is 468 g/mol. The first-order valence-corrected chi connectivity index (χ1v) is 12.9. The van der Waals surface area contributed by atoms with E-state index < -0.39 is 5.97 Å². The lowest BCUT2D eigenvalue weighted by Gasteiger charge is -2.31. The van der Waals surface area contributed by atoms with Crippen molar-refractivity contribution in [3.63, 3.8) is 0 Å². The summed E-state index contributed by atoms with van der Waals surface area (Å²) in [5, 5.41) is 17.6. The number of hydrogen-bond acceptors (Lipinski definition) is 5. The minimum atomic E-state index is -0.920. The van der Waals surface area contributed by atoms with Crippen LogP contribution in [0.2, 0.25) is 0 Å². The molecule has 1 heterocycles. The monoisotopic (exact) mass is 504 g/mol. The number of aromatic nitrogens is 2. The molecule has 1 atom stereocenters. The van der Waals surface area contributed by atoms with Gasteiger partial charge in [-0.2, -0.15) is 5.10 Å². The van der Waals surface area contributed by atoms with Crippen LogP contribution in [-0.4, -0.2) is 52.4 Å². The summed E-state index contributed by atoms with van der Waals surface area (Å²) in [4.78, 5) is 25.0. The molecule has 0 spiro atoms. The summed E-state index contributed by atoms with van der Waals surface area (Å²) in [7, 11) is 3.29. The lowest BCUT2D eigenvalue weighted by Crippen LogP contribution is -2.29. The first kappa shape index (κ1) is 26.3. The van der Waals surface area contributed by atoms with Gasteiger partial charge in [0.25, 0.3) is 5.91 Å². The quantitative estimate of drug-likeness (QED) is 0.380. The van der Waals surface area contributed by atoms with Gasteiger partial charge in [-0.05, 0) is 67.6 Å². The van der Waals surface area contributed by atoms with Gasteiger partial charge in [-0.15, -0.1) is 0 Å². The highest BCUT2D eigenvalue weighted by Gasteiger charge is 2.29. The van der Waals surface area contributed by atoms with E-state index in [2.05, 4.69) is 18.4 Å². The molecule has 0 radical (unpaired) electrons. The van der Waals surface area contributed by atoms with Gasteiger partial charge in [0, 0.05) is 31.0 Å². The summed E-state index contributed by atoms with van der Waals surface area (Å²) in [5.41, 5.74) is 4.49. The van der Waals surface area contributed by atoms with E-state index in [9.17, 15) is 9.59 Å². The maximum absolute atomic E-state index is 12.7. The van der Waals surface area contributed by atoms with E-state index in [-0.39, 0.29) is 24.9 Å². The molecule has 3 aromatic rings. The Balaban J connectivity index is 1.58. The number of nitrogens with zero attached hydrogens (tertiary/aromatic N) is 3. The van der Waals surface area contributed by atoms with Gasteiger partial charge in [0.05, 0.1) is 25.3 Å². The number of ether oxygens (including phenoxy) is 1. The summed E-state index contributed by atoms with van der Waals surface area (Å²) in [6, 6.07) is 15.3. The van der Waals surface area contributed by atoms with Gasteiger partial charge >= 0.3 is 5.97 Å². The van der Waals surface area contributed by atoms with Crippen LogP contribution in [0.3, 0.4) is 0 Å². The Morgan fingerprint density at radius 2 is 1.84 bits per heavy atom. The SMILES string of the molecule is COc1ccccc1-n1cc(C)c(C(Nc2ccc(C(=O)N(C)CCC(=O)O)cc2)C2CCCCC2)n1. The molecule has 37 heavy (non-hydrogen) atoms. The molecule has 1 aliphatic rings. The van der Waals surface area contributed by atoms with Crippen molar-refractivity contribution in [2.75, 3.05) is 26.0 Å². The van der Waals surface area contributed by atoms with Crippen molar-refractivity contribution in [1.29, 1.82) is 0 Å². The molecule has 1 aromatic heterocycles. The fourth-order valence-electron chi connectivity index (χ4n) is 5.07. The minimum absolute atomic E-state index is 0.0380. The molecule has 8 heteroatoms. The number of methoxy groups -OCH3 is 1. The van der Waals surface area contributed by atoms with Crippen molar-refractivity contribution in [3.05, 3.63) is 71.5 Å². The van der Waals surface area contributed by atoms with Crippen molar-refractivity contribution < 1.29 is 19.4 Å². The molecule has 8 nitrogen and oxygen atoms in total. The summed E-state index contributed by atoms with van der Waals surface area (Å²) >= 11 is 0. The summed E-state index contributed by atoms with van der Waals surface area (Å²) in [6.07, 6.45) is 7.96. The third kappa shape index (κ3) is 6.31. The number of anilines is 1. The standard InChI is InChI=1S/C29H36N4O4/c1-20-19-33(24-11-7-8-12-25(24)37-3)31-27(20)28(21-9-5-4-6-10-21)30-23-15-13-22(14-16-23)29(36)32(2)18-17-26(34)35/h7-8,11-16,19,21,28,30H,4-6,9-10,17-18H2,1-3H3,(H,34,35). The van der Waals surface area contributed by atoms with Gasteiger partial charge in [0.15, 0.2) is 0 Å². The highest BCUT2D eigenvalue weighted by molar-refractivity contribution is 5.94. The second kappa shape index (κ2) is 12.0. The number of carboxylic acids is 1. The van der Waals surface area contributed by atoms with Gasteiger partial charge < -0.3 is 20.1 Å². The maximum Gasteiger partial charge on any atom is 0.305 e. The van der Waals surface area contributed by atoms with Crippen molar-refractivity contribution in [1.82, 2.24) is 14.7 Å². The number of benzene rings is 2. The van der Waals surface area contributed by atoms with Crippen LogP contribution in [0, 0.1) is 12.8 Å². The molecule has 0 bridgehead atoms. The van der Waals surface area contributed by atoms with Crippen LogP contribution in [0.4, 0.5) is 5.69 Å². The van der Waals surface area contributed by atoms with Crippen molar-refractivity contribution in [2.45, 2.75) is 51.5 Å². The zero-order valence-electron chi connectivity index (χ0n) is 21.8. The third-order valence-electron chi connectivity index (χ3n) is 7.15. The summed E-state index contributed by atoms with van der Waals surface area (Å²) in [6.45, 7) is 2.27. The van der Waals surface area contributed by atoms with Crippen LogP contribution >= 0.6 is 0 Å². The Morgan fingerprint density at radius 3 is 2.51 bits per heavy atom. The summed E-state index contributed by atoms with van der Waals surface area (Å²) < 4.78 is 7.46.